The van der Waals surface area contributed by atoms with E-state index in [0.717, 1.165) is 29.9 Å². The highest BCUT2D eigenvalue weighted by Gasteiger charge is 2.11. The topological polar surface area (TPSA) is 23.5 Å². The van der Waals surface area contributed by atoms with Crippen molar-refractivity contribution in [3.8, 4) is 0 Å². The lowest BCUT2D eigenvalue weighted by molar-refractivity contribution is 0.281. The van der Waals surface area contributed by atoms with E-state index in [1.807, 2.05) is 18.2 Å². The van der Waals surface area contributed by atoms with Gasteiger partial charge in [0.05, 0.1) is 6.61 Å². The molecule has 0 unspecified atom stereocenters. The minimum atomic E-state index is 0.0136. The molecule has 0 aliphatic heterocycles. The summed E-state index contributed by atoms with van der Waals surface area (Å²) in [5.41, 5.74) is 5.50. The second-order valence-electron chi connectivity index (χ2n) is 6.07. The Kier molecular flexibility index (Phi) is 6.10. The van der Waals surface area contributed by atoms with Gasteiger partial charge >= 0.3 is 0 Å². The third-order valence-electron chi connectivity index (χ3n) is 4.30. The number of nitrogens with zero attached hydrogens (tertiary/aromatic N) is 1. The van der Waals surface area contributed by atoms with E-state index in [1.165, 1.54) is 11.1 Å². The van der Waals surface area contributed by atoms with Crippen LogP contribution in [0.2, 0.25) is 0 Å². The maximum absolute atomic E-state index is 9.48. The molecular weight excluding hydrogens is 330 g/mol. The number of halogens is 1. The van der Waals surface area contributed by atoms with Crippen LogP contribution in [-0.4, -0.2) is 5.11 Å². The summed E-state index contributed by atoms with van der Waals surface area (Å²) < 4.78 is 0. The van der Waals surface area contributed by atoms with Crippen molar-refractivity contribution in [1.29, 1.82) is 0 Å². The van der Waals surface area contributed by atoms with Crippen molar-refractivity contribution in [2.45, 2.75) is 25.6 Å². The molecule has 2 nitrogen and oxygen atoms in total. The summed E-state index contributed by atoms with van der Waals surface area (Å²) in [7, 11) is 0. The monoisotopic (exact) mass is 351 g/mol. The molecule has 0 saturated carbocycles. The van der Waals surface area contributed by atoms with E-state index >= 15 is 0 Å². The molecule has 0 fully saturated rings. The van der Waals surface area contributed by atoms with Crippen molar-refractivity contribution < 1.29 is 5.11 Å². The maximum atomic E-state index is 9.48. The van der Waals surface area contributed by atoms with Crippen LogP contribution in [0, 0.1) is 0 Å². The Bertz CT molecular complexity index is 748. The number of rotatable bonds is 7. The Labute approximate surface area is 154 Å². The molecule has 0 atom stereocenters. The Morgan fingerprint density at radius 3 is 1.76 bits per heavy atom. The molecule has 3 heteroatoms. The first kappa shape index (κ1) is 17.5. The molecule has 0 spiro atoms. The molecule has 0 aromatic heterocycles. The van der Waals surface area contributed by atoms with Crippen LogP contribution in [0.5, 0.6) is 0 Å². The zero-order valence-corrected chi connectivity index (χ0v) is 14.9. The van der Waals surface area contributed by atoms with Crippen molar-refractivity contribution in [3.05, 3.63) is 101 Å². The van der Waals surface area contributed by atoms with Gasteiger partial charge in [-0.25, -0.2) is 0 Å². The van der Waals surface area contributed by atoms with Crippen LogP contribution in [0.4, 0.5) is 5.69 Å². The highest BCUT2D eigenvalue weighted by atomic mass is 35.5. The summed E-state index contributed by atoms with van der Waals surface area (Å²) in [5, 5.41) is 9.48. The Balaban J connectivity index is 1.92. The number of alkyl halides is 1. The van der Waals surface area contributed by atoms with Crippen molar-refractivity contribution >= 4 is 17.3 Å². The molecule has 0 amide bonds. The third kappa shape index (κ3) is 4.62. The third-order valence-corrected chi connectivity index (χ3v) is 4.59. The quantitative estimate of drug-likeness (QED) is 0.597. The van der Waals surface area contributed by atoms with Gasteiger partial charge in [-0.2, -0.15) is 0 Å². The van der Waals surface area contributed by atoms with Crippen LogP contribution in [0.3, 0.4) is 0 Å². The van der Waals surface area contributed by atoms with Crippen LogP contribution in [0.1, 0.15) is 22.3 Å². The van der Waals surface area contributed by atoms with E-state index in [1.54, 1.807) is 0 Å². The average Bonchev–Trinajstić information content (AvgIpc) is 2.68. The molecule has 0 saturated heterocycles. The fourth-order valence-corrected chi connectivity index (χ4v) is 3.18. The molecule has 3 aromatic rings. The molecule has 1 N–H and O–H groups in total. The lowest BCUT2D eigenvalue weighted by Gasteiger charge is -2.26. The molecular formula is C22H22ClNO. The van der Waals surface area contributed by atoms with E-state index in [0.29, 0.717) is 5.88 Å². The van der Waals surface area contributed by atoms with Crippen LogP contribution in [0.25, 0.3) is 0 Å². The van der Waals surface area contributed by atoms with Crippen LogP contribution < -0.4 is 4.90 Å². The normalized spacial score (nSPS) is 10.6. The Morgan fingerprint density at radius 1 is 0.720 bits per heavy atom. The van der Waals surface area contributed by atoms with E-state index in [4.69, 9.17) is 11.6 Å². The molecule has 3 rings (SSSR count). The van der Waals surface area contributed by atoms with Gasteiger partial charge < -0.3 is 10.0 Å². The molecule has 0 aliphatic carbocycles. The smallest absolute Gasteiger partial charge is 0.0684 e. The van der Waals surface area contributed by atoms with Crippen molar-refractivity contribution in [3.63, 3.8) is 0 Å². The predicted molar refractivity (Wildman–Crippen MR) is 105 cm³/mol. The minimum absolute atomic E-state index is 0.0136. The molecule has 0 bridgehead atoms. The minimum Gasteiger partial charge on any atom is -0.392 e. The average molecular weight is 352 g/mol. The van der Waals surface area contributed by atoms with Gasteiger partial charge in [0.15, 0.2) is 0 Å². The molecule has 25 heavy (non-hydrogen) atoms. The first-order chi connectivity index (χ1) is 12.3. The van der Waals surface area contributed by atoms with E-state index in [9.17, 15) is 5.11 Å². The van der Waals surface area contributed by atoms with Gasteiger partial charge in [-0.05, 0) is 34.4 Å². The van der Waals surface area contributed by atoms with Crippen molar-refractivity contribution in [1.82, 2.24) is 0 Å². The fraction of sp³-hybridized carbons (Fsp3) is 0.182. The van der Waals surface area contributed by atoms with E-state index < -0.39 is 0 Å². The first-order valence-corrected chi connectivity index (χ1v) is 8.95. The summed E-state index contributed by atoms with van der Waals surface area (Å²) in [4.78, 5) is 2.34. The number of hydrogen-bond donors (Lipinski definition) is 1. The summed E-state index contributed by atoms with van der Waals surface area (Å²) in [5.74, 6) is 0.397. The van der Waals surface area contributed by atoms with E-state index in [2.05, 4.69) is 65.6 Å². The van der Waals surface area contributed by atoms with Gasteiger partial charge in [0, 0.05) is 24.7 Å². The van der Waals surface area contributed by atoms with Crippen LogP contribution >= 0.6 is 11.6 Å². The van der Waals surface area contributed by atoms with Crippen molar-refractivity contribution in [2.75, 3.05) is 4.90 Å². The molecule has 0 radical (unpaired) electrons. The van der Waals surface area contributed by atoms with Crippen LogP contribution in [-0.2, 0) is 25.6 Å². The number of anilines is 1. The lowest BCUT2D eigenvalue weighted by Crippen LogP contribution is -2.22. The summed E-state index contributed by atoms with van der Waals surface area (Å²) in [6.07, 6.45) is 0. The maximum Gasteiger partial charge on any atom is 0.0684 e. The Morgan fingerprint density at radius 2 is 1.28 bits per heavy atom. The van der Waals surface area contributed by atoms with Gasteiger partial charge in [-0.15, -0.1) is 11.6 Å². The molecule has 0 aliphatic rings. The predicted octanol–water partition coefficient (Wildman–Crippen LogP) is 5.12. The largest absolute Gasteiger partial charge is 0.392 e. The summed E-state index contributed by atoms with van der Waals surface area (Å²) in [6, 6.07) is 27.0. The van der Waals surface area contributed by atoms with Crippen LogP contribution in [0.15, 0.2) is 78.9 Å². The molecule has 128 valence electrons. The molecule has 3 aromatic carbocycles. The summed E-state index contributed by atoms with van der Waals surface area (Å²) in [6.45, 7) is 1.64. The zero-order valence-electron chi connectivity index (χ0n) is 14.1. The SMILES string of the molecule is OCc1ccc(N(Cc2ccccc2)Cc2ccccc2)cc1CCl. The van der Waals surface area contributed by atoms with Gasteiger partial charge in [0.25, 0.3) is 0 Å². The van der Waals surface area contributed by atoms with Gasteiger partial charge in [0.1, 0.15) is 0 Å². The number of aliphatic hydroxyl groups excluding tert-OH is 1. The van der Waals surface area contributed by atoms with E-state index in [-0.39, 0.29) is 6.61 Å². The standard InChI is InChI=1S/C22H22ClNO/c23-14-21-13-22(12-11-20(21)17-25)24(15-18-7-3-1-4-8-18)16-19-9-5-2-6-10-19/h1-13,25H,14-17H2. The summed E-state index contributed by atoms with van der Waals surface area (Å²) >= 11 is 6.08. The van der Waals surface area contributed by atoms with Gasteiger partial charge in [-0.3, -0.25) is 0 Å². The second kappa shape index (κ2) is 8.70. The van der Waals surface area contributed by atoms with Gasteiger partial charge in [-0.1, -0.05) is 66.7 Å². The molecule has 0 heterocycles. The lowest BCUT2D eigenvalue weighted by atomic mass is 10.1. The fourth-order valence-electron chi connectivity index (χ4n) is 2.93. The zero-order chi connectivity index (χ0) is 17.5. The number of hydrogen-bond acceptors (Lipinski definition) is 2. The van der Waals surface area contributed by atoms with Crippen molar-refractivity contribution in [2.24, 2.45) is 0 Å². The van der Waals surface area contributed by atoms with Gasteiger partial charge in [0.2, 0.25) is 0 Å². The number of benzene rings is 3. The number of aliphatic hydroxyl groups is 1. The first-order valence-electron chi connectivity index (χ1n) is 8.41. The highest BCUT2D eigenvalue weighted by Crippen LogP contribution is 2.25. The highest BCUT2D eigenvalue weighted by molar-refractivity contribution is 6.17. The Hall–Kier alpha value is -2.29. The second-order valence-corrected chi connectivity index (χ2v) is 6.34.